The molecule has 0 aromatic carbocycles. The number of rotatable bonds is 0. The van der Waals surface area contributed by atoms with Crippen LogP contribution in [0.2, 0.25) is 0 Å². The van der Waals surface area contributed by atoms with Gasteiger partial charge in [-0.2, -0.15) is 0 Å². The summed E-state index contributed by atoms with van der Waals surface area (Å²) in [5.74, 6) is 1.62. The second kappa shape index (κ2) is 2.22. The van der Waals surface area contributed by atoms with Crippen LogP contribution < -0.4 is 0 Å². The zero-order valence-corrected chi connectivity index (χ0v) is 6.05. The Labute approximate surface area is 61.1 Å². The fraction of sp³-hybridized carbons (Fsp3) is 0.667. The zero-order chi connectivity index (χ0) is 6.97. The van der Waals surface area contributed by atoms with Gasteiger partial charge in [0.05, 0.1) is 0 Å². The molecule has 54 valence electrons. The van der Waals surface area contributed by atoms with Gasteiger partial charge in [-0.1, -0.05) is 12.2 Å². The van der Waals surface area contributed by atoms with E-state index in [1.165, 1.54) is 0 Å². The van der Waals surface area contributed by atoms with Crippen LogP contribution in [0.4, 0.5) is 0 Å². The van der Waals surface area contributed by atoms with Gasteiger partial charge < -0.3 is 0 Å². The van der Waals surface area contributed by atoms with E-state index in [9.17, 15) is 4.79 Å². The summed E-state index contributed by atoms with van der Waals surface area (Å²) in [5.41, 5.74) is 0. The lowest BCUT2D eigenvalue weighted by atomic mass is 9.86. The fourth-order valence-electron chi connectivity index (χ4n) is 2.10. The highest BCUT2D eigenvalue weighted by Crippen LogP contribution is 2.36. The van der Waals surface area contributed by atoms with E-state index >= 15 is 0 Å². The molecule has 0 bridgehead atoms. The molecule has 0 aromatic heterocycles. The topological polar surface area (TPSA) is 17.1 Å². The predicted molar refractivity (Wildman–Crippen MR) is 39.6 cm³/mol. The van der Waals surface area contributed by atoms with Crippen molar-refractivity contribution in [1.82, 2.24) is 0 Å². The van der Waals surface area contributed by atoms with Gasteiger partial charge in [0.15, 0.2) is 0 Å². The monoisotopic (exact) mass is 136 g/mol. The minimum absolute atomic E-state index is 0.407. The summed E-state index contributed by atoms with van der Waals surface area (Å²) in [4.78, 5) is 11.2. The Hall–Kier alpha value is -0.590. The average Bonchev–Trinajstić information content (AvgIpc) is 2.34. The van der Waals surface area contributed by atoms with Gasteiger partial charge in [-0.05, 0) is 25.2 Å². The first kappa shape index (κ1) is 6.14. The van der Waals surface area contributed by atoms with Crippen molar-refractivity contribution in [1.29, 1.82) is 0 Å². The third-order valence-electron chi connectivity index (χ3n) is 2.74. The highest BCUT2D eigenvalue weighted by atomic mass is 16.1. The van der Waals surface area contributed by atoms with Crippen LogP contribution >= 0.6 is 0 Å². The maximum absolute atomic E-state index is 11.2. The standard InChI is InChI=1S/C9H12O/c10-9-6-5-7-3-1-2-4-8(7)9/h1-2,7-8H,3-6H2/t7-,8+/m0/s1. The Morgan fingerprint density at radius 3 is 2.90 bits per heavy atom. The average molecular weight is 136 g/mol. The number of hydrogen-bond donors (Lipinski definition) is 0. The molecule has 0 unspecified atom stereocenters. The molecule has 0 aromatic rings. The molecule has 1 fully saturated rings. The van der Waals surface area contributed by atoms with Crippen LogP contribution in [0.25, 0.3) is 0 Å². The summed E-state index contributed by atoms with van der Waals surface area (Å²) in [6.07, 6.45) is 8.54. The van der Waals surface area contributed by atoms with Crippen molar-refractivity contribution in [3.05, 3.63) is 12.2 Å². The summed E-state index contributed by atoms with van der Waals surface area (Å²) >= 11 is 0. The van der Waals surface area contributed by atoms with E-state index < -0.39 is 0 Å². The molecule has 2 aliphatic carbocycles. The number of hydrogen-bond acceptors (Lipinski definition) is 1. The van der Waals surface area contributed by atoms with Crippen LogP contribution in [0.3, 0.4) is 0 Å². The van der Waals surface area contributed by atoms with Crippen molar-refractivity contribution in [2.24, 2.45) is 11.8 Å². The smallest absolute Gasteiger partial charge is 0.136 e. The summed E-state index contributed by atoms with van der Waals surface area (Å²) in [5, 5.41) is 0. The Kier molecular flexibility index (Phi) is 1.37. The molecule has 2 rings (SSSR count). The van der Waals surface area contributed by atoms with Gasteiger partial charge in [0, 0.05) is 12.3 Å². The van der Waals surface area contributed by atoms with Gasteiger partial charge >= 0.3 is 0 Å². The molecular formula is C9H12O. The van der Waals surface area contributed by atoms with Gasteiger partial charge in [-0.15, -0.1) is 0 Å². The van der Waals surface area contributed by atoms with E-state index in [4.69, 9.17) is 0 Å². The van der Waals surface area contributed by atoms with E-state index in [0.29, 0.717) is 17.6 Å². The molecule has 2 aliphatic rings. The first-order valence-electron chi connectivity index (χ1n) is 4.05. The number of fused-ring (bicyclic) bond motifs is 1. The maximum Gasteiger partial charge on any atom is 0.136 e. The second-order valence-corrected chi connectivity index (χ2v) is 3.31. The van der Waals surface area contributed by atoms with Crippen molar-refractivity contribution in [2.45, 2.75) is 25.7 Å². The molecule has 10 heavy (non-hydrogen) atoms. The lowest BCUT2D eigenvalue weighted by Crippen LogP contribution is -2.15. The first-order valence-corrected chi connectivity index (χ1v) is 4.05. The number of carbonyl (C=O) groups excluding carboxylic acids is 1. The first-order chi connectivity index (χ1) is 4.88. The molecule has 1 nitrogen and oxygen atoms in total. The van der Waals surface area contributed by atoms with E-state index in [-0.39, 0.29) is 0 Å². The second-order valence-electron chi connectivity index (χ2n) is 3.31. The molecule has 0 spiro atoms. The fourth-order valence-corrected chi connectivity index (χ4v) is 2.10. The zero-order valence-electron chi connectivity index (χ0n) is 6.05. The normalized spacial score (nSPS) is 38.2. The van der Waals surface area contributed by atoms with Gasteiger partial charge in [-0.3, -0.25) is 4.79 Å². The molecule has 1 heteroatoms. The van der Waals surface area contributed by atoms with Crippen molar-refractivity contribution in [3.8, 4) is 0 Å². The molecule has 0 heterocycles. The lowest BCUT2D eigenvalue weighted by Gasteiger charge is -2.18. The molecule has 0 aliphatic heterocycles. The summed E-state index contributed by atoms with van der Waals surface area (Å²) in [7, 11) is 0. The number of allylic oxidation sites excluding steroid dienone is 2. The molecule has 2 atom stereocenters. The third-order valence-corrected chi connectivity index (χ3v) is 2.74. The SMILES string of the molecule is O=C1CC[C@@H]2CC=CC[C@@H]12. The quantitative estimate of drug-likeness (QED) is 0.465. The lowest BCUT2D eigenvalue weighted by molar-refractivity contribution is -0.121. The number of carbonyl (C=O) groups is 1. The maximum atomic E-state index is 11.2. The van der Waals surface area contributed by atoms with E-state index in [0.717, 1.165) is 25.7 Å². The minimum Gasteiger partial charge on any atom is -0.299 e. The van der Waals surface area contributed by atoms with Crippen molar-refractivity contribution < 1.29 is 4.79 Å². The van der Waals surface area contributed by atoms with Crippen LogP contribution in [0.1, 0.15) is 25.7 Å². The molecule has 0 amide bonds. The molecule has 0 N–H and O–H groups in total. The van der Waals surface area contributed by atoms with Crippen molar-refractivity contribution >= 4 is 5.78 Å². The van der Waals surface area contributed by atoms with E-state index in [1.54, 1.807) is 0 Å². The van der Waals surface area contributed by atoms with Crippen LogP contribution in [-0.2, 0) is 4.79 Å². The summed E-state index contributed by atoms with van der Waals surface area (Å²) < 4.78 is 0. The summed E-state index contributed by atoms with van der Waals surface area (Å²) in [6, 6.07) is 0. The van der Waals surface area contributed by atoms with Gasteiger partial charge in [0.1, 0.15) is 5.78 Å². The van der Waals surface area contributed by atoms with Crippen molar-refractivity contribution in [2.75, 3.05) is 0 Å². The number of Topliss-reactive ketones (excluding diaryl/α,β-unsaturated/α-hetero) is 1. The van der Waals surface area contributed by atoms with Crippen LogP contribution in [0, 0.1) is 11.8 Å². The Morgan fingerprint density at radius 1 is 1.30 bits per heavy atom. The van der Waals surface area contributed by atoms with Gasteiger partial charge in [0.25, 0.3) is 0 Å². The minimum atomic E-state index is 0.407. The highest BCUT2D eigenvalue weighted by Gasteiger charge is 2.33. The van der Waals surface area contributed by atoms with Crippen molar-refractivity contribution in [3.63, 3.8) is 0 Å². The Balaban J connectivity index is 2.17. The largest absolute Gasteiger partial charge is 0.299 e. The molecule has 0 saturated heterocycles. The molecule has 1 saturated carbocycles. The Bertz CT molecular complexity index is 181. The Morgan fingerprint density at radius 2 is 2.10 bits per heavy atom. The third kappa shape index (κ3) is 0.808. The number of ketones is 1. The highest BCUT2D eigenvalue weighted by molar-refractivity contribution is 5.83. The molecular weight excluding hydrogens is 124 g/mol. The van der Waals surface area contributed by atoms with Gasteiger partial charge in [0.2, 0.25) is 0 Å². The van der Waals surface area contributed by atoms with E-state index in [2.05, 4.69) is 12.2 Å². The van der Waals surface area contributed by atoms with E-state index in [1.807, 2.05) is 0 Å². The predicted octanol–water partition coefficient (Wildman–Crippen LogP) is 1.93. The summed E-state index contributed by atoms with van der Waals surface area (Å²) in [6.45, 7) is 0. The van der Waals surface area contributed by atoms with Crippen LogP contribution in [0.15, 0.2) is 12.2 Å². The van der Waals surface area contributed by atoms with Gasteiger partial charge in [-0.25, -0.2) is 0 Å². The van der Waals surface area contributed by atoms with Crippen LogP contribution in [-0.4, -0.2) is 5.78 Å². The molecule has 0 radical (unpaired) electrons. The van der Waals surface area contributed by atoms with Crippen LogP contribution in [0.5, 0.6) is 0 Å².